The Labute approximate surface area is 189 Å². The molecule has 32 heavy (non-hydrogen) atoms. The number of carbonyl (C=O) groups is 2. The summed E-state index contributed by atoms with van der Waals surface area (Å²) in [5, 5.41) is 5.89. The summed E-state index contributed by atoms with van der Waals surface area (Å²) in [7, 11) is -3.74. The number of nitrogens with one attached hydrogen (secondary N) is 2. The molecule has 0 bridgehead atoms. The summed E-state index contributed by atoms with van der Waals surface area (Å²) in [5.41, 5.74) is 1.08. The smallest absolute Gasteiger partial charge is 0.251 e. The van der Waals surface area contributed by atoms with E-state index in [2.05, 4.69) is 10.6 Å². The van der Waals surface area contributed by atoms with Crippen molar-refractivity contribution in [1.29, 1.82) is 0 Å². The van der Waals surface area contributed by atoms with Gasteiger partial charge in [0.1, 0.15) is 6.04 Å². The monoisotopic (exact) mass is 455 g/mol. The Morgan fingerprint density at radius 3 is 2.22 bits per heavy atom. The molecule has 0 unspecified atom stereocenters. The minimum absolute atomic E-state index is 0.106. The second-order valence-electron chi connectivity index (χ2n) is 8.46. The Bertz CT molecular complexity index is 1050. The van der Waals surface area contributed by atoms with Crippen molar-refractivity contribution in [3.63, 3.8) is 0 Å². The molecular weight excluding hydrogens is 426 g/mol. The summed E-state index contributed by atoms with van der Waals surface area (Å²) in [4.78, 5) is 25.5. The van der Waals surface area contributed by atoms with E-state index in [-0.39, 0.29) is 22.8 Å². The van der Waals surface area contributed by atoms with E-state index in [0.717, 1.165) is 25.7 Å². The maximum Gasteiger partial charge on any atom is 0.251 e. The number of rotatable bonds is 6. The molecule has 0 spiro atoms. The van der Waals surface area contributed by atoms with Crippen LogP contribution in [0.5, 0.6) is 0 Å². The molecule has 7 nitrogen and oxygen atoms in total. The predicted octanol–water partition coefficient (Wildman–Crippen LogP) is 3.54. The van der Waals surface area contributed by atoms with Crippen LogP contribution in [-0.4, -0.2) is 43.2 Å². The van der Waals surface area contributed by atoms with Gasteiger partial charge in [-0.25, -0.2) is 8.42 Å². The van der Waals surface area contributed by atoms with Crippen LogP contribution in [0.3, 0.4) is 0 Å². The Morgan fingerprint density at radius 2 is 1.53 bits per heavy atom. The van der Waals surface area contributed by atoms with Crippen LogP contribution in [0, 0.1) is 0 Å². The van der Waals surface area contributed by atoms with Crippen molar-refractivity contribution in [2.24, 2.45) is 0 Å². The van der Waals surface area contributed by atoms with Crippen molar-refractivity contribution >= 4 is 27.5 Å². The lowest BCUT2D eigenvalue weighted by atomic mass is 9.95. The van der Waals surface area contributed by atoms with E-state index in [1.807, 2.05) is 0 Å². The Hall–Kier alpha value is -2.71. The van der Waals surface area contributed by atoms with E-state index in [1.54, 1.807) is 54.6 Å². The summed E-state index contributed by atoms with van der Waals surface area (Å²) in [6, 6.07) is 14.4. The zero-order valence-electron chi connectivity index (χ0n) is 18.0. The minimum Gasteiger partial charge on any atom is -0.349 e. The van der Waals surface area contributed by atoms with E-state index in [1.165, 1.54) is 10.7 Å². The molecule has 1 aliphatic heterocycles. The lowest BCUT2D eigenvalue weighted by Crippen LogP contribution is -2.43. The van der Waals surface area contributed by atoms with Gasteiger partial charge in [0.25, 0.3) is 5.91 Å². The van der Waals surface area contributed by atoms with Crippen LogP contribution in [0.15, 0.2) is 59.5 Å². The van der Waals surface area contributed by atoms with Crippen molar-refractivity contribution in [3.05, 3.63) is 60.2 Å². The molecule has 1 aliphatic carbocycles. The largest absolute Gasteiger partial charge is 0.349 e. The summed E-state index contributed by atoms with van der Waals surface area (Å²) in [6.07, 6.45) is 6.66. The summed E-state index contributed by atoms with van der Waals surface area (Å²) >= 11 is 0. The SMILES string of the molecule is O=C(NC1CCCCC1)c1ccc(NC(=O)[C@H]2CCCN2S(=O)(=O)c2ccccc2)cc1. The van der Waals surface area contributed by atoms with Gasteiger partial charge < -0.3 is 10.6 Å². The van der Waals surface area contributed by atoms with Gasteiger partial charge in [-0.2, -0.15) is 4.31 Å². The molecule has 170 valence electrons. The highest BCUT2D eigenvalue weighted by molar-refractivity contribution is 7.89. The summed E-state index contributed by atoms with van der Waals surface area (Å²) in [6.45, 7) is 0.315. The number of hydrogen-bond acceptors (Lipinski definition) is 4. The van der Waals surface area contributed by atoms with Crippen LogP contribution in [0.2, 0.25) is 0 Å². The third-order valence-electron chi connectivity index (χ3n) is 6.21. The van der Waals surface area contributed by atoms with Gasteiger partial charge in [-0.1, -0.05) is 37.5 Å². The number of benzene rings is 2. The fraction of sp³-hybridized carbons (Fsp3) is 0.417. The quantitative estimate of drug-likeness (QED) is 0.696. The van der Waals surface area contributed by atoms with Crippen LogP contribution in [0.4, 0.5) is 5.69 Å². The Morgan fingerprint density at radius 1 is 0.844 bits per heavy atom. The van der Waals surface area contributed by atoms with Gasteiger partial charge in [0.2, 0.25) is 15.9 Å². The first-order valence-corrected chi connectivity index (χ1v) is 12.7. The molecule has 1 heterocycles. The molecule has 2 amide bonds. The minimum atomic E-state index is -3.74. The van der Waals surface area contributed by atoms with E-state index >= 15 is 0 Å². The fourth-order valence-electron chi connectivity index (χ4n) is 4.46. The third kappa shape index (κ3) is 5.02. The van der Waals surface area contributed by atoms with Crippen molar-refractivity contribution in [1.82, 2.24) is 9.62 Å². The van der Waals surface area contributed by atoms with Crippen molar-refractivity contribution in [2.45, 2.75) is 61.9 Å². The molecule has 0 aromatic heterocycles. The molecular formula is C24H29N3O4S. The molecule has 1 saturated heterocycles. The maximum atomic E-state index is 13.0. The van der Waals surface area contributed by atoms with E-state index < -0.39 is 16.1 Å². The highest BCUT2D eigenvalue weighted by Crippen LogP contribution is 2.27. The normalized spacial score (nSPS) is 20.1. The number of nitrogens with zero attached hydrogens (tertiary/aromatic N) is 1. The third-order valence-corrected chi connectivity index (χ3v) is 8.13. The standard InChI is InChI=1S/C24H29N3O4S/c28-23(25-19-8-3-1-4-9-19)18-13-15-20(16-14-18)26-24(29)22-12-7-17-27(22)32(30,31)21-10-5-2-6-11-21/h2,5-6,10-11,13-16,19,22H,1,3-4,7-9,12,17H2,(H,25,28)(H,26,29)/t22-/m1/s1. The van der Waals surface area contributed by atoms with Gasteiger partial charge in [-0.3, -0.25) is 9.59 Å². The number of hydrogen-bond donors (Lipinski definition) is 2. The first kappa shape index (κ1) is 22.5. The van der Waals surface area contributed by atoms with E-state index in [0.29, 0.717) is 30.6 Å². The average molecular weight is 456 g/mol. The van der Waals surface area contributed by atoms with E-state index in [9.17, 15) is 18.0 Å². The van der Waals surface area contributed by atoms with Crippen LogP contribution in [0.1, 0.15) is 55.3 Å². The number of anilines is 1. The summed E-state index contributed by atoms with van der Waals surface area (Å²) < 4.78 is 27.3. The van der Waals surface area contributed by atoms with Gasteiger partial charge in [0.05, 0.1) is 4.90 Å². The maximum absolute atomic E-state index is 13.0. The van der Waals surface area contributed by atoms with Crippen molar-refractivity contribution in [2.75, 3.05) is 11.9 Å². The van der Waals surface area contributed by atoms with E-state index in [4.69, 9.17) is 0 Å². The predicted molar refractivity (Wildman–Crippen MR) is 123 cm³/mol. The first-order chi connectivity index (χ1) is 15.4. The number of sulfonamides is 1. The van der Waals surface area contributed by atoms with Gasteiger partial charge in [-0.15, -0.1) is 0 Å². The molecule has 8 heteroatoms. The highest BCUT2D eigenvalue weighted by atomic mass is 32.2. The van der Waals surface area contributed by atoms with Gasteiger partial charge in [0, 0.05) is 23.8 Å². The fourth-order valence-corrected chi connectivity index (χ4v) is 6.14. The van der Waals surface area contributed by atoms with Crippen LogP contribution >= 0.6 is 0 Å². The average Bonchev–Trinajstić information content (AvgIpc) is 3.32. The molecule has 1 saturated carbocycles. The molecule has 2 aromatic rings. The molecule has 2 N–H and O–H groups in total. The molecule has 1 atom stereocenters. The number of carbonyl (C=O) groups excluding carboxylic acids is 2. The lowest BCUT2D eigenvalue weighted by molar-refractivity contribution is -0.119. The topological polar surface area (TPSA) is 95.6 Å². The lowest BCUT2D eigenvalue weighted by Gasteiger charge is -2.23. The van der Waals surface area contributed by atoms with Crippen molar-refractivity contribution in [3.8, 4) is 0 Å². The van der Waals surface area contributed by atoms with Crippen molar-refractivity contribution < 1.29 is 18.0 Å². The van der Waals surface area contributed by atoms with Crippen LogP contribution in [-0.2, 0) is 14.8 Å². The Balaban J connectivity index is 1.39. The van der Waals surface area contributed by atoms with Gasteiger partial charge >= 0.3 is 0 Å². The molecule has 2 aromatic carbocycles. The molecule has 2 fully saturated rings. The van der Waals surface area contributed by atoms with Crippen LogP contribution < -0.4 is 10.6 Å². The molecule has 4 rings (SSSR count). The zero-order valence-corrected chi connectivity index (χ0v) is 18.8. The summed E-state index contributed by atoms with van der Waals surface area (Å²) in [5.74, 6) is -0.466. The molecule has 0 radical (unpaired) electrons. The second kappa shape index (κ2) is 9.83. The van der Waals surface area contributed by atoms with Gasteiger partial charge in [0.15, 0.2) is 0 Å². The van der Waals surface area contributed by atoms with Gasteiger partial charge in [-0.05, 0) is 62.1 Å². The van der Waals surface area contributed by atoms with Crippen LogP contribution in [0.25, 0.3) is 0 Å². The highest BCUT2D eigenvalue weighted by Gasteiger charge is 2.39. The Kier molecular flexibility index (Phi) is 6.91. The second-order valence-corrected chi connectivity index (χ2v) is 10.4. The molecule has 2 aliphatic rings. The number of amides is 2. The first-order valence-electron chi connectivity index (χ1n) is 11.2. The zero-order chi connectivity index (χ0) is 22.6.